The zero-order chi connectivity index (χ0) is 19.5. The van der Waals surface area contributed by atoms with Crippen LogP contribution in [-0.4, -0.2) is 35.1 Å². The summed E-state index contributed by atoms with van der Waals surface area (Å²) in [4.78, 5) is 21.1. The number of halogens is 1. The molecule has 2 heterocycles. The number of nitrogens with zero attached hydrogens (tertiary/aromatic N) is 2. The van der Waals surface area contributed by atoms with Gasteiger partial charge in [-0.25, -0.2) is 14.4 Å². The number of hydrogen-bond acceptors (Lipinski definition) is 5. The third-order valence-electron chi connectivity index (χ3n) is 5.00. The van der Waals surface area contributed by atoms with Crippen molar-refractivity contribution in [2.45, 2.75) is 31.5 Å². The van der Waals surface area contributed by atoms with E-state index in [-0.39, 0.29) is 11.9 Å². The molecule has 0 spiro atoms. The SMILES string of the molecule is CNC(=O)c1cnc(Nc2ccc3ccccc3n2)cc1N[C@@H]1CCC[C@@H]1F. The number of nitrogens with one attached hydrogen (secondary N) is 3. The van der Waals surface area contributed by atoms with E-state index in [0.29, 0.717) is 29.3 Å². The molecule has 6 nitrogen and oxygen atoms in total. The summed E-state index contributed by atoms with van der Waals surface area (Å²) in [7, 11) is 1.56. The summed E-state index contributed by atoms with van der Waals surface area (Å²) in [6.45, 7) is 0. The van der Waals surface area contributed by atoms with Gasteiger partial charge in [0.15, 0.2) is 0 Å². The van der Waals surface area contributed by atoms with E-state index in [1.807, 2.05) is 36.4 Å². The number of hydrogen-bond donors (Lipinski definition) is 3. The molecule has 3 aromatic rings. The van der Waals surface area contributed by atoms with Crippen molar-refractivity contribution in [3.8, 4) is 0 Å². The van der Waals surface area contributed by atoms with Gasteiger partial charge < -0.3 is 16.0 Å². The zero-order valence-corrected chi connectivity index (χ0v) is 15.6. The highest BCUT2D eigenvalue weighted by atomic mass is 19.1. The highest BCUT2D eigenvalue weighted by Crippen LogP contribution is 2.29. The molecule has 1 aromatic carbocycles. The molecule has 0 saturated heterocycles. The molecule has 1 fully saturated rings. The van der Waals surface area contributed by atoms with Crippen molar-refractivity contribution in [2.24, 2.45) is 0 Å². The van der Waals surface area contributed by atoms with Crippen molar-refractivity contribution in [1.82, 2.24) is 15.3 Å². The van der Waals surface area contributed by atoms with Gasteiger partial charge in [0.05, 0.1) is 22.8 Å². The molecule has 3 N–H and O–H groups in total. The van der Waals surface area contributed by atoms with Gasteiger partial charge in [-0.15, -0.1) is 0 Å². The average Bonchev–Trinajstić information content (AvgIpc) is 3.12. The predicted octanol–water partition coefficient (Wildman–Crippen LogP) is 4.04. The maximum absolute atomic E-state index is 14.1. The van der Waals surface area contributed by atoms with Crippen molar-refractivity contribution in [3.63, 3.8) is 0 Å². The van der Waals surface area contributed by atoms with E-state index in [0.717, 1.165) is 23.7 Å². The number of anilines is 3. The number of rotatable bonds is 5. The van der Waals surface area contributed by atoms with Gasteiger partial charge in [0.2, 0.25) is 0 Å². The minimum Gasteiger partial charge on any atom is -0.379 e. The van der Waals surface area contributed by atoms with Gasteiger partial charge in [-0.1, -0.05) is 18.2 Å². The van der Waals surface area contributed by atoms with Crippen LogP contribution in [0.2, 0.25) is 0 Å². The van der Waals surface area contributed by atoms with Crippen LogP contribution in [0.5, 0.6) is 0 Å². The smallest absolute Gasteiger partial charge is 0.254 e. The van der Waals surface area contributed by atoms with Crippen molar-refractivity contribution in [1.29, 1.82) is 0 Å². The number of alkyl halides is 1. The molecule has 0 bridgehead atoms. The maximum Gasteiger partial charge on any atom is 0.254 e. The first kappa shape index (κ1) is 18.2. The molecule has 1 aliphatic carbocycles. The second-order valence-corrected chi connectivity index (χ2v) is 6.91. The van der Waals surface area contributed by atoms with Crippen molar-refractivity contribution in [3.05, 3.63) is 54.2 Å². The Hall–Kier alpha value is -3.22. The van der Waals surface area contributed by atoms with Crippen LogP contribution < -0.4 is 16.0 Å². The third-order valence-corrected chi connectivity index (χ3v) is 5.00. The lowest BCUT2D eigenvalue weighted by molar-refractivity contribution is 0.0963. The molecule has 7 heteroatoms. The second kappa shape index (κ2) is 7.80. The van der Waals surface area contributed by atoms with E-state index in [1.54, 1.807) is 13.1 Å². The Kier molecular flexibility index (Phi) is 5.06. The molecule has 2 atom stereocenters. The van der Waals surface area contributed by atoms with E-state index in [1.165, 1.54) is 6.20 Å². The number of para-hydroxylation sites is 1. The fourth-order valence-electron chi connectivity index (χ4n) is 3.50. The van der Waals surface area contributed by atoms with Crippen LogP contribution in [0.1, 0.15) is 29.6 Å². The first-order valence-corrected chi connectivity index (χ1v) is 9.39. The minimum atomic E-state index is -0.913. The van der Waals surface area contributed by atoms with E-state index in [4.69, 9.17) is 0 Å². The fourth-order valence-corrected chi connectivity index (χ4v) is 3.50. The number of benzene rings is 1. The molecule has 1 amide bonds. The second-order valence-electron chi connectivity index (χ2n) is 6.91. The average molecular weight is 379 g/mol. The number of aromatic nitrogens is 2. The number of carbonyl (C=O) groups excluding carboxylic acids is 1. The predicted molar refractivity (Wildman–Crippen MR) is 109 cm³/mol. The maximum atomic E-state index is 14.1. The minimum absolute atomic E-state index is 0.265. The van der Waals surface area contributed by atoms with Gasteiger partial charge in [-0.2, -0.15) is 0 Å². The van der Waals surface area contributed by atoms with Crippen LogP contribution in [0.15, 0.2) is 48.7 Å². The first-order chi connectivity index (χ1) is 13.6. The van der Waals surface area contributed by atoms with Crippen LogP contribution in [0.25, 0.3) is 10.9 Å². The molecule has 144 valence electrons. The largest absolute Gasteiger partial charge is 0.379 e. The van der Waals surface area contributed by atoms with Crippen molar-refractivity contribution in [2.75, 3.05) is 17.7 Å². The van der Waals surface area contributed by atoms with Gasteiger partial charge in [-0.05, 0) is 37.5 Å². The summed E-state index contributed by atoms with van der Waals surface area (Å²) in [6.07, 6.45) is 2.71. The standard InChI is InChI=1S/C21H22FN5O/c1-23-21(28)14-12-24-20(11-18(14)25-17-8-4-6-15(17)22)27-19-10-9-13-5-2-3-7-16(13)26-19/h2-3,5,7,9-12,15,17H,4,6,8H2,1H3,(H,23,28)(H2,24,25,26,27)/t15-,17+/m0/s1. The third kappa shape index (κ3) is 3.74. The van der Waals surface area contributed by atoms with Gasteiger partial charge in [0, 0.05) is 24.7 Å². The number of amides is 1. The Morgan fingerprint density at radius 2 is 2.00 bits per heavy atom. The first-order valence-electron chi connectivity index (χ1n) is 9.39. The quantitative estimate of drug-likeness (QED) is 0.624. The monoisotopic (exact) mass is 379 g/mol. The highest BCUT2D eigenvalue weighted by molar-refractivity contribution is 5.99. The van der Waals surface area contributed by atoms with E-state index < -0.39 is 6.17 Å². The molecule has 0 aliphatic heterocycles. The normalized spacial score (nSPS) is 18.8. The number of fused-ring (bicyclic) bond motifs is 1. The van der Waals surface area contributed by atoms with Gasteiger partial charge in [0.25, 0.3) is 5.91 Å². The molecule has 28 heavy (non-hydrogen) atoms. The van der Waals surface area contributed by atoms with Crippen LogP contribution in [0.4, 0.5) is 21.7 Å². The number of pyridine rings is 2. The molecule has 1 aliphatic rings. The lowest BCUT2D eigenvalue weighted by atomic mass is 10.1. The lowest BCUT2D eigenvalue weighted by Gasteiger charge is -2.19. The van der Waals surface area contributed by atoms with Crippen LogP contribution >= 0.6 is 0 Å². The summed E-state index contributed by atoms with van der Waals surface area (Å²) in [6, 6.07) is 13.1. The zero-order valence-electron chi connectivity index (χ0n) is 15.6. The Labute approximate surface area is 162 Å². The molecule has 4 rings (SSSR count). The number of carbonyl (C=O) groups is 1. The Morgan fingerprint density at radius 1 is 1.14 bits per heavy atom. The van der Waals surface area contributed by atoms with Crippen molar-refractivity contribution >= 4 is 34.1 Å². The Bertz CT molecular complexity index is 1010. The van der Waals surface area contributed by atoms with Gasteiger partial charge in [-0.3, -0.25) is 4.79 Å². The molecular weight excluding hydrogens is 357 g/mol. The van der Waals surface area contributed by atoms with Crippen molar-refractivity contribution < 1.29 is 9.18 Å². The van der Waals surface area contributed by atoms with Crippen LogP contribution in [-0.2, 0) is 0 Å². The molecule has 1 saturated carbocycles. The molecule has 0 radical (unpaired) electrons. The lowest BCUT2D eigenvalue weighted by Crippen LogP contribution is -2.27. The summed E-state index contributed by atoms with van der Waals surface area (Å²) in [5.41, 5.74) is 1.82. The van der Waals surface area contributed by atoms with Gasteiger partial charge >= 0.3 is 0 Å². The van der Waals surface area contributed by atoms with Crippen LogP contribution in [0.3, 0.4) is 0 Å². The van der Waals surface area contributed by atoms with E-state index >= 15 is 0 Å². The Balaban J connectivity index is 1.62. The topological polar surface area (TPSA) is 78.9 Å². The van der Waals surface area contributed by atoms with Gasteiger partial charge in [0.1, 0.15) is 17.8 Å². The Morgan fingerprint density at radius 3 is 2.79 bits per heavy atom. The fraction of sp³-hybridized carbons (Fsp3) is 0.286. The van der Waals surface area contributed by atoms with E-state index in [9.17, 15) is 9.18 Å². The highest BCUT2D eigenvalue weighted by Gasteiger charge is 2.28. The summed E-state index contributed by atoms with van der Waals surface area (Å²) in [5, 5.41) is 10.0. The molecule has 2 aromatic heterocycles. The molecule has 0 unspecified atom stereocenters. The summed E-state index contributed by atoms with van der Waals surface area (Å²) >= 11 is 0. The summed E-state index contributed by atoms with van der Waals surface area (Å²) < 4.78 is 14.1. The van der Waals surface area contributed by atoms with E-state index in [2.05, 4.69) is 25.9 Å². The van der Waals surface area contributed by atoms with Crippen LogP contribution in [0, 0.1) is 0 Å². The molecular formula is C21H22FN5O. The summed E-state index contributed by atoms with van der Waals surface area (Å²) in [5.74, 6) is 0.916.